The normalized spacial score (nSPS) is 12.6. The van der Waals surface area contributed by atoms with Gasteiger partial charge in [-0.15, -0.1) is 0 Å². The first kappa shape index (κ1) is 12.0. The van der Waals surface area contributed by atoms with E-state index in [1.807, 2.05) is 0 Å². The van der Waals surface area contributed by atoms with Crippen molar-refractivity contribution in [3.8, 4) is 0 Å². The van der Waals surface area contributed by atoms with E-state index in [9.17, 15) is 18.0 Å². The zero-order valence-corrected chi connectivity index (χ0v) is 8.62. The number of carbonyl (C=O) groups is 1. The number of carbonyl (C=O) groups excluding carboxylic acids is 1. The van der Waals surface area contributed by atoms with Crippen molar-refractivity contribution in [2.75, 3.05) is 0 Å². The highest BCUT2D eigenvalue weighted by Crippen LogP contribution is 2.30. The highest BCUT2D eigenvalue weighted by atomic mass is 35.5. The Labute approximate surface area is 89.9 Å². The molecule has 1 aromatic rings. The smallest absolute Gasteiger partial charge is 0.151 e. The average Bonchev–Trinajstić information content (AvgIpc) is 2.15. The number of rotatable bonds is 3. The van der Waals surface area contributed by atoms with Gasteiger partial charge in [0, 0.05) is 18.1 Å². The van der Waals surface area contributed by atoms with Crippen molar-refractivity contribution in [2.45, 2.75) is 19.3 Å². The molecule has 0 amide bonds. The molecule has 1 atom stereocenters. The third-order valence-corrected chi connectivity index (χ3v) is 2.44. The molecule has 1 nitrogen and oxygen atoms in total. The molecule has 0 N–H and O–H groups in total. The number of hydrogen-bond acceptors (Lipinski definition) is 1. The van der Waals surface area contributed by atoms with Crippen LogP contribution in [0.4, 0.5) is 13.2 Å². The summed E-state index contributed by atoms with van der Waals surface area (Å²) in [6.45, 7) is 1.46. The van der Waals surface area contributed by atoms with Crippen molar-refractivity contribution in [3.63, 3.8) is 0 Å². The molecule has 0 spiro atoms. The van der Waals surface area contributed by atoms with Gasteiger partial charge in [0.25, 0.3) is 0 Å². The predicted octanol–water partition coefficient (Wildman–Crippen LogP) is 3.45. The van der Waals surface area contributed by atoms with Crippen LogP contribution in [0.3, 0.4) is 0 Å². The van der Waals surface area contributed by atoms with Crippen LogP contribution in [0.25, 0.3) is 0 Å². The molecule has 0 bridgehead atoms. The Bertz CT molecular complexity index is 393. The molecular formula is C10H8ClF3O. The van der Waals surface area contributed by atoms with Gasteiger partial charge >= 0.3 is 0 Å². The standard InChI is InChI=1S/C10H8ClF3O/c1-5(2-3-15)8-6(12)4-7(13)9(11)10(8)14/h3-5H,2H2,1H3. The van der Waals surface area contributed by atoms with E-state index in [-0.39, 0.29) is 12.0 Å². The Kier molecular flexibility index (Phi) is 3.74. The Morgan fingerprint density at radius 1 is 1.40 bits per heavy atom. The minimum absolute atomic E-state index is 0.0458. The van der Waals surface area contributed by atoms with E-state index in [2.05, 4.69) is 0 Å². The van der Waals surface area contributed by atoms with Gasteiger partial charge in [0.1, 0.15) is 22.9 Å². The lowest BCUT2D eigenvalue weighted by Crippen LogP contribution is -2.04. The molecule has 1 unspecified atom stereocenters. The van der Waals surface area contributed by atoms with Crippen LogP contribution in [-0.4, -0.2) is 6.29 Å². The molecule has 1 aromatic carbocycles. The summed E-state index contributed by atoms with van der Waals surface area (Å²) in [5.74, 6) is -3.97. The lowest BCUT2D eigenvalue weighted by molar-refractivity contribution is -0.108. The second kappa shape index (κ2) is 4.66. The maximum absolute atomic E-state index is 13.4. The van der Waals surface area contributed by atoms with E-state index >= 15 is 0 Å². The molecule has 0 aliphatic carbocycles. The minimum Gasteiger partial charge on any atom is -0.303 e. The molecule has 0 saturated heterocycles. The van der Waals surface area contributed by atoms with Crippen molar-refractivity contribution in [3.05, 3.63) is 34.1 Å². The fourth-order valence-corrected chi connectivity index (χ4v) is 1.45. The minimum atomic E-state index is -1.14. The Hall–Kier alpha value is -1.03. The first-order valence-corrected chi connectivity index (χ1v) is 4.63. The van der Waals surface area contributed by atoms with E-state index in [1.165, 1.54) is 6.92 Å². The van der Waals surface area contributed by atoms with Crippen LogP contribution in [0.5, 0.6) is 0 Å². The van der Waals surface area contributed by atoms with E-state index < -0.39 is 28.4 Å². The van der Waals surface area contributed by atoms with Crippen LogP contribution < -0.4 is 0 Å². The number of benzene rings is 1. The van der Waals surface area contributed by atoms with Crippen molar-refractivity contribution >= 4 is 17.9 Å². The Morgan fingerprint density at radius 2 is 2.00 bits per heavy atom. The van der Waals surface area contributed by atoms with Gasteiger partial charge in [-0.05, 0) is 5.92 Å². The van der Waals surface area contributed by atoms with Crippen molar-refractivity contribution in [1.82, 2.24) is 0 Å². The van der Waals surface area contributed by atoms with Gasteiger partial charge in [-0.25, -0.2) is 13.2 Å². The average molecular weight is 237 g/mol. The number of hydrogen-bond donors (Lipinski definition) is 0. The second-order valence-corrected chi connectivity index (χ2v) is 3.56. The summed E-state index contributed by atoms with van der Waals surface area (Å²) in [6.07, 6.45) is 0.497. The van der Waals surface area contributed by atoms with Crippen molar-refractivity contribution in [1.29, 1.82) is 0 Å². The number of aldehydes is 1. The Morgan fingerprint density at radius 3 is 2.53 bits per heavy atom. The summed E-state index contributed by atoms with van der Waals surface area (Å²) < 4.78 is 39.4. The van der Waals surface area contributed by atoms with Crippen molar-refractivity contribution < 1.29 is 18.0 Å². The highest BCUT2D eigenvalue weighted by Gasteiger charge is 2.21. The fourth-order valence-electron chi connectivity index (χ4n) is 1.29. The molecular weight excluding hydrogens is 229 g/mol. The molecule has 0 aliphatic heterocycles. The molecule has 0 aromatic heterocycles. The maximum atomic E-state index is 13.4. The third-order valence-electron chi connectivity index (χ3n) is 2.09. The van der Waals surface area contributed by atoms with E-state index in [4.69, 9.17) is 11.6 Å². The lowest BCUT2D eigenvalue weighted by atomic mass is 9.97. The van der Waals surface area contributed by atoms with E-state index in [0.29, 0.717) is 12.4 Å². The molecule has 5 heteroatoms. The summed E-state index contributed by atoms with van der Waals surface area (Å²) in [5, 5.41) is -0.746. The third kappa shape index (κ3) is 2.31. The van der Waals surface area contributed by atoms with Crippen LogP contribution in [0.15, 0.2) is 6.07 Å². The monoisotopic (exact) mass is 236 g/mol. The van der Waals surface area contributed by atoms with Gasteiger partial charge in [-0.2, -0.15) is 0 Å². The van der Waals surface area contributed by atoms with E-state index in [1.54, 1.807) is 0 Å². The van der Waals surface area contributed by atoms with Crippen LogP contribution in [0.2, 0.25) is 5.02 Å². The first-order chi connectivity index (χ1) is 6.99. The quantitative estimate of drug-likeness (QED) is 0.446. The number of halogens is 4. The molecule has 0 radical (unpaired) electrons. The van der Waals surface area contributed by atoms with Gasteiger partial charge in [0.2, 0.25) is 0 Å². The molecule has 0 saturated carbocycles. The SMILES string of the molecule is CC(CC=O)c1c(F)cc(F)c(Cl)c1F. The topological polar surface area (TPSA) is 17.1 Å². The summed E-state index contributed by atoms with van der Waals surface area (Å²) in [7, 11) is 0. The van der Waals surface area contributed by atoms with Crippen LogP contribution in [0.1, 0.15) is 24.8 Å². The van der Waals surface area contributed by atoms with Crippen LogP contribution in [-0.2, 0) is 4.79 Å². The lowest BCUT2D eigenvalue weighted by Gasteiger charge is -2.12. The van der Waals surface area contributed by atoms with Crippen LogP contribution >= 0.6 is 11.6 Å². The molecule has 0 fully saturated rings. The molecule has 15 heavy (non-hydrogen) atoms. The molecule has 0 aliphatic rings. The fraction of sp³-hybridized carbons (Fsp3) is 0.300. The molecule has 82 valence electrons. The largest absolute Gasteiger partial charge is 0.303 e. The van der Waals surface area contributed by atoms with Gasteiger partial charge in [0.05, 0.1) is 0 Å². The molecule has 1 rings (SSSR count). The first-order valence-electron chi connectivity index (χ1n) is 4.25. The van der Waals surface area contributed by atoms with Crippen molar-refractivity contribution in [2.24, 2.45) is 0 Å². The van der Waals surface area contributed by atoms with E-state index in [0.717, 1.165) is 0 Å². The van der Waals surface area contributed by atoms with Gasteiger partial charge in [-0.1, -0.05) is 18.5 Å². The Balaban J connectivity index is 3.28. The van der Waals surface area contributed by atoms with Gasteiger partial charge in [0.15, 0.2) is 5.82 Å². The molecule has 0 heterocycles. The zero-order valence-electron chi connectivity index (χ0n) is 7.86. The zero-order chi connectivity index (χ0) is 11.6. The second-order valence-electron chi connectivity index (χ2n) is 3.19. The summed E-state index contributed by atoms with van der Waals surface area (Å²) in [4.78, 5) is 10.2. The highest BCUT2D eigenvalue weighted by molar-refractivity contribution is 6.31. The summed E-state index contributed by atoms with van der Waals surface area (Å²) in [5.41, 5.74) is -0.353. The summed E-state index contributed by atoms with van der Waals surface area (Å²) in [6, 6.07) is 0.516. The van der Waals surface area contributed by atoms with Gasteiger partial charge in [-0.3, -0.25) is 0 Å². The van der Waals surface area contributed by atoms with Gasteiger partial charge < -0.3 is 4.79 Å². The maximum Gasteiger partial charge on any atom is 0.151 e. The predicted molar refractivity (Wildman–Crippen MR) is 50.4 cm³/mol. The van der Waals surface area contributed by atoms with Crippen LogP contribution in [0, 0.1) is 17.5 Å². The summed E-state index contributed by atoms with van der Waals surface area (Å²) >= 11 is 5.29.